The number of anilines is 1. The van der Waals surface area contributed by atoms with E-state index >= 15 is 0 Å². The monoisotopic (exact) mass is 548 g/mol. The number of amides is 4. The summed E-state index contributed by atoms with van der Waals surface area (Å²) in [7, 11) is -2.90. The predicted octanol–water partition coefficient (Wildman–Crippen LogP) is 3.87. The molecular weight excluding hydrogens is 524 g/mol. The van der Waals surface area contributed by atoms with E-state index in [1.807, 2.05) is 6.92 Å². The third kappa shape index (κ3) is 5.68. The Kier molecular flexibility index (Phi) is 7.54. The Morgan fingerprint density at radius 1 is 1.03 bits per heavy atom. The van der Waals surface area contributed by atoms with Crippen molar-refractivity contribution in [1.82, 2.24) is 5.32 Å². The number of aryl methyl sites for hydroxylation is 1. The van der Waals surface area contributed by atoms with E-state index in [0.29, 0.717) is 11.1 Å². The number of hydrogen-bond donors (Lipinski definition) is 2. The van der Waals surface area contributed by atoms with E-state index in [4.69, 9.17) is 8.92 Å². The Bertz CT molecular complexity index is 1610. The Morgan fingerprint density at radius 3 is 2.31 bits per heavy atom. The molecule has 4 amide bonds. The highest BCUT2D eigenvalue weighted by atomic mass is 32.2. The summed E-state index contributed by atoms with van der Waals surface area (Å²) in [5.74, 6) is -1.90. The normalized spacial score (nSPS) is 14.8. The van der Waals surface area contributed by atoms with Crippen LogP contribution in [0.4, 0.5) is 10.5 Å². The molecule has 1 aliphatic heterocycles. The minimum atomic E-state index is -4.22. The van der Waals surface area contributed by atoms with Gasteiger partial charge < -0.3 is 14.0 Å². The van der Waals surface area contributed by atoms with Crippen LogP contribution in [-0.2, 0) is 26.1 Å². The van der Waals surface area contributed by atoms with Crippen molar-refractivity contribution in [3.05, 3.63) is 95.6 Å². The lowest BCUT2D eigenvalue weighted by Crippen LogP contribution is -2.54. The van der Waals surface area contributed by atoms with E-state index < -0.39 is 28.0 Å². The van der Waals surface area contributed by atoms with Gasteiger partial charge in [0.05, 0.1) is 12.8 Å². The average Bonchev–Trinajstić information content (AvgIpc) is 2.89. The maximum atomic E-state index is 13.2. The second-order valence-corrected chi connectivity index (χ2v) is 10.1. The predicted molar refractivity (Wildman–Crippen MR) is 143 cm³/mol. The average molecular weight is 549 g/mol. The van der Waals surface area contributed by atoms with Crippen molar-refractivity contribution >= 4 is 39.7 Å². The summed E-state index contributed by atoms with van der Waals surface area (Å²) in [6, 6.07) is 13.4. The topological polar surface area (TPSA) is 139 Å². The molecule has 0 bridgehead atoms. The Hall–Kier alpha value is -4.90. The van der Waals surface area contributed by atoms with E-state index in [1.165, 1.54) is 67.8 Å². The first-order chi connectivity index (χ1) is 18.5. The van der Waals surface area contributed by atoms with Crippen LogP contribution in [0.2, 0.25) is 0 Å². The number of carbonyl (C=O) groups excluding carboxylic acids is 3. The van der Waals surface area contributed by atoms with Gasteiger partial charge in [-0.15, -0.1) is 6.58 Å². The molecule has 0 saturated carbocycles. The highest BCUT2D eigenvalue weighted by Crippen LogP contribution is 2.37. The standard InChI is InChI=1S/C28H24N2O8S/c1-4-5-19-14-18(16-24(37-3)25(19)38-39(35,36)22-12-6-17(2)7-13-22)15-23-26(32)29-28(34)30(27(23)33)20-8-10-21(31)11-9-20/h4,6-16,31H,1,5H2,2-3H3,(H,29,32,34)/b23-15+. The molecule has 1 aliphatic rings. The molecule has 0 unspecified atom stereocenters. The number of ether oxygens (including phenoxy) is 1. The first-order valence-electron chi connectivity index (χ1n) is 11.6. The molecule has 1 saturated heterocycles. The lowest BCUT2D eigenvalue weighted by atomic mass is 10.0. The Balaban J connectivity index is 1.76. The number of phenols is 1. The van der Waals surface area contributed by atoms with Crippen LogP contribution >= 0.6 is 0 Å². The minimum absolute atomic E-state index is 0.0343. The fourth-order valence-electron chi connectivity index (χ4n) is 3.84. The molecule has 200 valence electrons. The number of urea groups is 1. The second-order valence-electron chi connectivity index (χ2n) is 8.53. The highest BCUT2D eigenvalue weighted by molar-refractivity contribution is 7.87. The van der Waals surface area contributed by atoms with Crippen LogP contribution in [0, 0.1) is 6.92 Å². The van der Waals surface area contributed by atoms with E-state index in [1.54, 1.807) is 12.1 Å². The Morgan fingerprint density at radius 2 is 1.69 bits per heavy atom. The van der Waals surface area contributed by atoms with Crippen molar-refractivity contribution in [3.8, 4) is 17.2 Å². The van der Waals surface area contributed by atoms with E-state index in [2.05, 4.69) is 11.9 Å². The summed E-state index contributed by atoms with van der Waals surface area (Å²) in [4.78, 5) is 39.0. The fourth-order valence-corrected chi connectivity index (χ4v) is 4.82. The lowest BCUT2D eigenvalue weighted by molar-refractivity contribution is -0.122. The van der Waals surface area contributed by atoms with E-state index in [-0.39, 0.29) is 39.8 Å². The summed E-state index contributed by atoms with van der Waals surface area (Å²) < 4.78 is 36.9. The molecule has 0 spiro atoms. The van der Waals surface area contributed by atoms with Crippen molar-refractivity contribution in [2.45, 2.75) is 18.2 Å². The molecular formula is C28H24N2O8S. The maximum absolute atomic E-state index is 13.2. The van der Waals surface area contributed by atoms with Gasteiger partial charge in [-0.3, -0.25) is 14.9 Å². The number of methoxy groups -OCH3 is 1. The fraction of sp³-hybridized carbons (Fsp3) is 0.107. The van der Waals surface area contributed by atoms with Crippen LogP contribution in [0.5, 0.6) is 17.2 Å². The summed E-state index contributed by atoms with van der Waals surface area (Å²) >= 11 is 0. The molecule has 0 aromatic heterocycles. The largest absolute Gasteiger partial charge is 0.508 e. The maximum Gasteiger partial charge on any atom is 0.339 e. The van der Waals surface area contributed by atoms with E-state index in [0.717, 1.165) is 10.5 Å². The summed E-state index contributed by atoms with van der Waals surface area (Å²) in [5, 5.41) is 11.6. The molecule has 3 aromatic carbocycles. The lowest BCUT2D eigenvalue weighted by Gasteiger charge is -2.26. The molecule has 0 aliphatic carbocycles. The zero-order valence-corrected chi connectivity index (χ0v) is 21.8. The van der Waals surface area contributed by atoms with Gasteiger partial charge in [0.25, 0.3) is 11.8 Å². The Labute approximate surface area is 224 Å². The van der Waals surface area contributed by atoms with Gasteiger partial charge >= 0.3 is 16.1 Å². The van der Waals surface area contributed by atoms with Crippen molar-refractivity contribution in [3.63, 3.8) is 0 Å². The molecule has 2 N–H and O–H groups in total. The molecule has 0 atom stereocenters. The van der Waals surface area contributed by atoms with Gasteiger partial charge in [0.15, 0.2) is 11.5 Å². The van der Waals surface area contributed by atoms with Gasteiger partial charge in [-0.1, -0.05) is 23.8 Å². The van der Waals surface area contributed by atoms with Gasteiger partial charge in [-0.25, -0.2) is 9.69 Å². The van der Waals surface area contributed by atoms with Crippen LogP contribution in [0.25, 0.3) is 6.08 Å². The number of nitrogens with zero attached hydrogens (tertiary/aromatic N) is 1. The van der Waals surface area contributed by atoms with Crippen LogP contribution in [-0.4, -0.2) is 38.5 Å². The smallest absolute Gasteiger partial charge is 0.339 e. The zero-order chi connectivity index (χ0) is 28.3. The zero-order valence-electron chi connectivity index (χ0n) is 21.0. The molecule has 39 heavy (non-hydrogen) atoms. The molecule has 11 heteroatoms. The number of imide groups is 2. The van der Waals surface area contributed by atoms with Crippen LogP contribution in [0.3, 0.4) is 0 Å². The SMILES string of the molecule is C=CCc1cc(/C=C2\C(=O)NC(=O)N(c3ccc(O)cc3)C2=O)cc(OC)c1OS(=O)(=O)c1ccc(C)cc1. The molecule has 3 aromatic rings. The van der Waals surface area contributed by atoms with Crippen LogP contribution in [0.1, 0.15) is 16.7 Å². The van der Waals surface area contributed by atoms with Gasteiger partial charge in [0.1, 0.15) is 16.2 Å². The van der Waals surface area contributed by atoms with Crippen molar-refractivity contribution in [2.75, 3.05) is 12.0 Å². The number of carbonyl (C=O) groups is 3. The number of aromatic hydroxyl groups is 1. The summed E-state index contributed by atoms with van der Waals surface area (Å²) in [6.45, 7) is 5.53. The highest BCUT2D eigenvalue weighted by Gasteiger charge is 2.37. The molecule has 0 radical (unpaired) electrons. The van der Waals surface area contributed by atoms with E-state index in [9.17, 15) is 27.9 Å². The number of phenolic OH excluding ortho intramolecular Hbond substituents is 1. The molecule has 4 rings (SSSR count). The summed E-state index contributed by atoms with van der Waals surface area (Å²) in [6.07, 6.45) is 2.95. The third-order valence-corrected chi connectivity index (χ3v) is 7.00. The quantitative estimate of drug-likeness (QED) is 0.187. The minimum Gasteiger partial charge on any atom is -0.508 e. The van der Waals surface area contributed by atoms with Crippen molar-refractivity contribution in [2.24, 2.45) is 0 Å². The molecule has 1 heterocycles. The van der Waals surface area contributed by atoms with Crippen molar-refractivity contribution in [1.29, 1.82) is 0 Å². The first kappa shape index (κ1) is 27.1. The number of barbiturate groups is 1. The third-order valence-electron chi connectivity index (χ3n) is 5.76. The first-order valence-corrected chi connectivity index (χ1v) is 13.0. The molecule has 1 fully saturated rings. The van der Waals surface area contributed by atoms with Crippen LogP contribution in [0.15, 0.2) is 83.8 Å². The van der Waals surface area contributed by atoms with Gasteiger partial charge in [0, 0.05) is 5.56 Å². The number of benzene rings is 3. The van der Waals surface area contributed by atoms with Gasteiger partial charge in [0.2, 0.25) is 0 Å². The second kappa shape index (κ2) is 10.8. The number of nitrogens with one attached hydrogen (secondary N) is 1. The number of hydrogen-bond acceptors (Lipinski definition) is 8. The van der Waals surface area contributed by atoms with Gasteiger partial charge in [-0.05, 0) is 73.5 Å². The molecule has 10 nitrogen and oxygen atoms in total. The van der Waals surface area contributed by atoms with Crippen molar-refractivity contribution < 1.29 is 36.8 Å². The van der Waals surface area contributed by atoms with Crippen LogP contribution < -0.4 is 19.1 Å². The number of rotatable bonds is 8. The number of allylic oxidation sites excluding steroid dienone is 1. The van der Waals surface area contributed by atoms with Gasteiger partial charge in [-0.2, -0.15) is 8.42 Å². The summed E-state index contributed by atoms with van der Waals surface area (Å²) in [5.41, 5.74) is 1.34.